The molecule has 0 saturated carbocycles. The predicted octanol–water partition coefficient (Wildman–Crippen LogP) is 1.94. The van der Waals surface area contributed by atoms with Crippen LogP contribution < -0.4 is 0 Å². The minimum Gasteiger partial charge on any atom is -0.260 e. The average Bonchev–Trinajstić information content (AvgIpc) is 2.15. The molecule has 0 atom stereocenters. The topological polar surface area (TPSA) is 47.0 Å². The standard InChI is InChI=1S/C11H10NO2S/c1-15(13,14)8-11-6-9-4-2-3-5-10(9)7-12-11/h2-7H,1,8H2. The Balaban J connectivity index is 2.48. The summed E-state index contributed by atoms with van der Waals surface area (Å²) >= 11 is 0. The van der Waals surface area contributed by atoms with Crippen molar-refractivity contribution < 1.29 is 8.42 Å². The lowest BCUT2D eigenvalue weighted by Crippen LogP contribution is -2.00. The molecule has 0 bridgehead atoms. The molecule has 0 saturated heterocycles. The van der Waals surface area contributed by atoms with Gasteiger partial charge in [0.1, 0.15) is 0 Å². The Bertz CT molecular complexity index is 590. The lowest BCUT2D eigenvalue weighted by molar-refractivity contribution is 0.603. The van der Waals surface area contributed by atoms with Crippen LogP contribution in [-0.4, -0.2) is 13.4 Å². The molecule has 2 aromatic rings. The molecule has 0 unspecified atom stereocenters. The first-order valence-corrected chi connectivity index (χ1v) is 6.26. The molecular formula is C11H10NO2S. The van der Waals surface area contributed by atoms with E-state index in [1.807, 2.05) is 24.3 Å². The van der Waals surface area contributed by atoms with Crippen LogP contribution >= 0.6 is 0 Å². The van der Waals surface area contributed by atoms with Crippen molar-refractivity contribution in [2.75, 3.05) is 0 Å². The summed E-state index contributed by atoms with van der Waals surface area (Å²) in [6, 6.07) is 9.46. The molecule has 4 heteroatoms. The predicted molar refractivity (Wildman–Crippen MR) is 59.7 cm³/mol. The zero-order chi connectivity index (χ0) is 10.9. The van der Waals surface area contributed by atoms with E-state index in [0.29, 0.717) is 5.69 Å². The molecule has 15 heavy (non-hydrogen) atoms. The van der Waals surface area contributed by atoms with Crippen LogP contribution in [0.15, 0.2) is 36.5 Å². The molecule has 1 aromatic heterocycles. The van der Waals surface area contributed by atoms with Crippen LogP contribution in [0.5, 0.6) is 0 Å². The summed E-state index contributed by atoms with van der Waals surface area (Å²) in [6.07, 6.45) is 4.75. The number of sulfone groups is 1. The molecule has 0 N–H and O–H groups in total. The first kappa shape index (κ1) is 10.1. The van der Waals surface area contributed by atoms with Crippen molar-refractivity contribution in [3.63, 3.8) is 0 Å². The van der Waals surface area contributed by atoms with E-state index in [-0.39, 0.29) is 5.75 Å². The Morgan fingerprint density at radius 1 is 1.20 bits per heavy atom. The van der Waals surface area contributed by atoms with E-state index >= 15 is 0 Å². The van der Waals surface area contributed by atoms with Crippen LogP contribution in [0.4, 0.5) is 0 Å². The summed E-state index contributed by atoms with van der Waals surface area (Å²) < 4.78 is 22.0. The molecule has 1 radical (unpaired) electrons. The fraction of sp³-hybridized carbons (Fsp3) is 0.0909. The molecule has 0 aliphatic heterocycles. The van der Waals surface area contributed by atoms with Crippen LogP contribution in [0.2, 0.25) is 0 Å². The highest BCUT2D eigenvalue weighted by molar-refractivity contribution is 7.91. The molecule has 0 amide bonds. The van der Waals surface area contributed by atoms with Crippen molar-refractivity contribution in [1.82, 2.24) is 4.98 Å². The van der Waals surface area contributed by atoms with E-state index in [1.165, 1.54) is 0 Å². The number of nitrogens with zero attached hydrogens (tertiary/aromatic N) is 1. The van der Waals surface area contributed by atoms with E-state index in [2.05, 4.69) is 11.2 Å². The van der Waals surface area contributed by atoms with Crippen LogP contribution in [-0.2, 0) is 15.6 Å². The smallest absolute Gasteiger partial charge is 0.156 e. The van der Waals surface area contributed by atoms with E-state index in [9.17, 15) is 8.42 Å². The molecular weight excluding hydrogens is 210 g/mol. The van der Waals surface area contributed by atoms with Crippen molar-refractivity contribution in [2.45, 2.75) is 5.75 Å². The maximum Gasteiger partial charge on any atom is 0.156 e. The van der Waals surface area contributed by atoms with E-state index in [0.717, 1.165) is 10.8 Å². The van der Waals surface area contributed by atoms with Crippen molar-refractivity contribution in [3.8, 4) is 0 Å². The van der Waals surface area contributed by atoms with Crippen LogP contribution in [0.1, 0.15) is 5.69 Å². The monoisotopic (exact) mass is 220 g/mol. The maximum atomic E-state index is 11.0. The zero-order valence-corrected chi connectivity index (χ0v) is 8.87. The molecule has 0 aliphatic rings. The Hall–Kier alpha value is -1.42. The SMILES string of the molecule is [CH2]S(=O)(=O)Cc1cc2ccccc2cn1. The molecule has 2 rings (SSSR count). The summed E-state index contributed by atoms with van der Waals surface area (Å²) in [5, 5.41) is 1.99. The molecule has 3 nitrogen and oxygen atoms in total. The van der Waals surface area contributed by atoms with Gasteiger partial charge in [-0.15, -0.1) is 0 Å². The maximum absolute atomic E-state index is 11.0. The van der Waals surface area contributed by atoms with Crippen LogP contribution in [0, 0.1) is 6.26 Å². The number of pyridine rings is 1. The van der Waals surface area contributed by atoms with Gasteiger partial charge in [0, 0.05) is 11.6 Å². The van der Waals surface area contributed by atoms with Crippen LogP contribution in [0.3, 0.4) is 0 Å². The lowest BCUT2D eigenvalue weighted by Gasteiger charge is -2.01. The Kier molecular flexibility index (Phi) is 2.44. The summed E-state index contributed by atoms with van der Waals surface area (Å²) in [4.78, 5) is 4.07. The lowest BCUT2D eigenvalue weighted by atomic mass is 10.1. The van der Waals surface area contributed by atoms with Gasteiger partial charge in [-0.05, 0) is 11.5 Å². The zero-order valence-electron chi connectivity index (χ0n) is 8.05. The van der Waals surface area contributed by atoms with Crippen LogP contribution in [0.25, 0.3) is 10.8 Å². The van der Waals surface area contributed by atoms with Crippen molar-refractivity contribution in [3.05, 3.63) is 48.5 Å². The quantitative estimate of drug-likeness (QED) is 0.777. The Morgan fingerprint density at radius 2 is 1.87 bits per heavy atom. The average molecular weight is 220 g/mol. The van der Waals surface area contributed by atoms with E-state index in [4.69, 9.17) is 0 Å². The molecule has 0 spiro atoms. The molecule has 77 valence electrons. The molecule has 0 aliphatic carbocycles. The number of hydrogen-bond acceptors (Lipinski definition) is 3. The van der Waals surface area contributed by atoms with Gasteiger partial charge in [-0.25, -0.2) is 8.42 Å². The van der Waals surface area contributed by atoms with Crippen molar-refractivity contribution >= 4 is 20.6 Å². The Morgan fingerprint density at radius 3 is 2.53 bits per heavy atom. The van der Waals surface area contributed by atoms with Gasteiger partial charge < -0.3 is 0 Å². The number of aromatic nitrogens is 1. The van der Waals surface area contributed by atoms with Gasteiger partial charge in [-0.3, -0.25) is 4.98 Å². The number of fused-ring (bicyclic) bond motifs is 1. The highest BCUT2D eigenvalue weighted by Gasteiger charge is 2.06. The normalized spacial score (nSPS) is 11.8. The summed E-state index contributed by atoms with van der Waals surface area (Å²) in [6.45, 7) is 0. The van der Waals surface area contributed by atoms with Gasteiger partial charge >= 0.3 is 0 Å². The second kappa shape index (κ2) is 3.62. The highest BCUT2D eigenvalue weighted by Crippen LogP contribution is 2.14. The van der Waals surface area contributed by atoms with Gasteiger partial charge in [0.15, 0.2) is 9.84 Å². The largest absolute Gasteiger partial charge is 0.260 e. The summed E-state index contributed by atoms with van der Waals surface area (Å²) in [5.74, 6) is -0.113. The fourth-order valence-corrected chi connectivity index (χ4v) is 2.04. The van der Waals surface area contributed by atoms with Gasteiger partial charge in [-0.1, -0.05) is 24.3 Å². The number of rotatable bonds is 2. The minimum atomic E-state index is -3.26. The Labute approximate surface area is 88.7 Å². The van der Waals surface area contributed by atoms with Crippen molar-refractivity contribution in [2.24, 2.45) is 0 Å². The van der Waals surface area contributed by atoms with Crippen molar-refractivity contribution in [1.29, 1.82) is 0 Å². The first-order chi connectivity index (χ1) is 7.04. The molecule has 1 heterocycles. The summed E-state index contributed by atoms with van der Waals surface area (Å²) in [7, 11) is -3.26. The second-order valence-corrected chi connectivity index (χ2v) is 5.19. The van der Waals surface area contributed by atoms with E-state index in [1.54, 1.807) is 12.3 Å². The molecule has 0 fully saturated rings. The van der Waals surface area contributed by atoms with Gasteiger partial charge in [-0.2, -0.15) is 0 Å². The third-order valence-corrected chi connectivity index (χ3v) is 2.79. The first-order valence-electron chi connectivity index (χ1n) is 4.44. The third kappa shape index (κ3) is 2.53. The fourth-order valence-electron chi connectivity index (χ4n) is 1.43. The van der Waals surface area contributed by atoms with E-state index < -0.39 is 9.84 Å². The number of hydrogen-bond donors (Lipinski definition) is 0. The highest BCUT2D eigenvalue weighted by atomic mass is 32.2. The summed E-state index contributed by atoms with van der Waals surface area (Å²) in [5.41, 5.74) is 0.531. The second-order valence-electron chi connectivity index (χ2n) is 3.41. The third-order valence-electron chi connectivity index (χ3n) is 2.06. The van der Waals surface area contributed by atoms with Gasteiger partial charge in [0.05, 0.1) is 17.7 Å². The minimum absolute atomic E-state index is 0.113. The molecule has 1 aromatic carbocycles. The van der Waals surface area contributed by atoms with Gasteiger partial charge in [0.25, 0.3) is 0 Å². The number of benzene rings is 1. The van der Waals surface area contributed by atoms with Gasteiger partial charge in [0.2, 0.25) is 0 Å².